The summed E-state index contributed by atoms with van der Waals surface area (Å²) in [6, 6.07) is 9.52. The maximum absolute atomic E-state index is 13.1. The molecule has 0 bridgehead atoms. The highest BCUT2D eigenvalue weighted by molar-refractivity contribution is 5.86. The smallest absolute Gasteiger partial charge is 0.259 e. The molecular weight excluding hydrogens is 308 g/mol. The molecule has 1 amide bonds. The Balaban J connectivity index is 1.80. The number of morpholine rings is 1. The fraction of sp³-hybridized carbons (Fsp3) is 0.471. The van der Waals surface area contributed by atoms with Gasteiger partial charge in [0.1, 0.15) is 11.9 Å². The number of methoxy groups -OCH3 is 1. The van der Waals surface area contributed by atoms with Crippen molar-refractivity contribution < 1.29 is 14.3 Å². The summed E-state index contributed by atoms with van der Waals surface area (Å²) in [7, 11) is 1.56. The third kappa shape index (κ3) is 3.05. The number of ether oxygens (including phenoxy) is 2. The zero-order chi connectivity index (χ0) is 17.2. The van der Waals surface area contributed by atoms with Gasteiger partial charge < -0.3 is 14.4 Å². The first-order valence-electron chi connectivity index (χ1n) is 7.95. The van der Waals surface area contributed by atoms with E-state index in [0.29, 0.717) is 25.5 Å². The molecule has 1 N–H and O–H groups in total. The molecule has 0 aliphatic carbocycles. The third-order valence-corrected chi connectivity index (χ3v) is 4.40. The van der Waals surface area contributed by atoms with Crippen molar-refractivity contribution in [2.45, 2.75) is 25.6 Å². The van der Waals surface area contributed by atoms with E-state index in [2.05, 4.69) is 15.2 Å². The van der Waals surface area contributed by atoms with Crippen LogP contribution in [0.15, 0.2) is 30.3 Å². The number of nitrogens with zero attached hydrogens (tertiary/aromatic N) is 3. The average Bonchev–Trinajstić information content (AvgIpc) is 3.07. The zero-order valence-electron chi connectivity index (χ0n) is 14.2. The van der Waals surface area contributed by atoms with Crippen molar-refractivity contribution in [1.82, 2.24) is 20.1 Å². The molecule has 2 atom stereocenters. The Bertz CT molecular complexity index is 703. The van der Waals surface area contributed by atoms with E-state index in [0.717, 1.165) is 11.4 Å². The van der Waals surface area contributed by atoms with Gasteiger partial charge in [-0.05, 0) is 19.4 Å². The monoisotopic (exact) mass is 330 g/mol. The van der Waals surface area contributed by atoms with Gasteiger partial charge in [-0.15, -0.1) is 0 Å². The van der Waals surface area contributed by atoms with Crippen LogP contribution in [0.5, 0.6) is 0 Å². The highest BCUT2D eigenvalue weighted by atomic mass is 16.5. The minimum Gasteiger partial charge on any atom is -0.366 e. The normalized spacial score (nSPS) is 20.6. The number of aryl methyl sites for hydroxylation is 1. The van der Waals surface area contributed by atoms with Crippen LogP contribution in [-0.2, 0) is 19.9 Å². The molecular formula is C17H22N4O3. The van der Waals surface area contributed by atoms with Crippen LogP contribution < -0.4 is 0 Å². The Morgan fingerprint density at radius 3 is 2.79 bits per heavy atom. The molecule has 2 aromatic rings. The van der Waals surface area contributed by atoms with Gasteiger partial charge in [0.25, 0.3) is 5.91 Å². The number of nitrogens with one attached hydrogen (secondary N) is 1. The molecule has 1 aliphatic rings. The van der Waals surface area contributed by atoms with Gasteiger partial charge in [0.2, 0.25) is 0 Å². The molecule has 0 saturated carbocycles. The first-order chi connectivity index (χ1) is 11.5. The maximum atomic E-state index is 13.1. The predicted octanol–water partition coefficient (Wildman–Crippen LogP) is 1.57. The minimum atomic E-state index is -1.03. The summed E-state index contributed by atoms with van der Waals surface area (Å²) in [5, 5.41) is 6.95. The van der Waals surface area contributed by atoms with Crippen LogP contribution >= 0.6 is 0 Å². The first-order valence-corrected chi connectivity index (χ1v) is 7.95. The molecule has 1 aromatic heterocycles. The van der Waals surface area contributed by atoms with Crippen LogP contribution in [0.3, 0.4) is 0 Å². The van der Waals surface area contributed by atoms with Crippen molar-refractivity contribution in [1.29, 1.82) is 0 Å². The lowest BCUT2D eigenvalue weighted by atomic mass is 9.93. The molecule has 1 aromatic carbocycles. The second-order valence-electron chi connectivity index (χ2n) is 5.99. The number of H-pyrrole nitrogens is 1. The third-order valence-electron chi connectivity index (χ3n) is 4.40. The molecule has 128 valence electrons. The van der Waals surface area contributed by atoms with Crippen LogP contribution in [0.2, 0.25) is 0 Å². The van der Waals surface area contributed by atoms with Gasteiger partial charge in [-0.1, -0.05) is 30.3 Å². The summed E-state index contributed by atoms with van der Waals surface area (Å²) in [6.07, 6.45) is -0.329. The fourth-order valence-corrected chi connectivity index (χ4v) is 2.88. The summed E-state index contributed by atoms with van der Waals surface area (Å²) in [5.74, 6) is 1.21. The topological polar surface area (TPSA) is 80.3 Å². The maximum Gasteiger partial charge on any atom is 0.259 e. The van der Waals surface area contributed by atoms with Crippen molar-refractivity contribution in [2.24, 2.45) is 0 Å². The summed E-state index contributed by atoms with van der Waals surface area (Å²) in [6.45, 7) is 5.00. The van der Waals surface area contributed by atoms with Crippen molar-refractivity contribution in [3.05, 3.63) is 47.5 Å². The molecule has 3 rings (SSSR count). The number of aromatic nitrogens is 3. The van der Waals surface area contributed by atoms with E-state index in [4.69, 9.17) is 9.47 Å². The van der Waals surface area contributed by atoms with Gasteiger partial charge in [0.05, 0.1) is 13.2 Å². The van der Waals surface area contributed by atoms with E-state index in [1.165, 1.54) is 0 Å². The number of amides is 1. The quantitative estimate of drug-likeness (QED) is 0.920. The second kappa shape index (κ2) is 6.70. The van der Waals surface area contributed by atoms with Gasteiger partial charge in [-0.2, -0.15) is 5.10 Å². The molecule has 1 saturated heterocycles. The van der Waals surface area contributed by atoms with Crippen molar-refractivity contribution in [3.63, 3.8) is 0 Å². The van der Waals surface area contributed by atoms with E-state index >= 15 is 0 Å². The largest absolute Gasteiger partial charge is 0.366 e. The minimum absolute atomic E-state index is 0.0863. The van der Waals surface area contributed by atoms with Crippen LogP contribution in [0, 0.1) is 6.92 Å². The molecule has 7 heteroatoms. The van der Waals surface area contributed by atoms with Gasteiger partial charge in [-0.25, -0.2) is 4.98 Å². The highest BCUT2D eigenvalue weighted by Gasteiger charge is 2.40. The highest BCUT2D eigenvalue weighted by Crippen LogP contribution is 2.29. The fourth-order valence-electron chi connectivity index (χ4n) is 2.88. The Morgan fingerprint density at radius 1 is 1.42 bits per heavy atom. The molecule has 0 unspecified atom stereocenters. The number of aromatic amines is 1. The van der Waals surface area contributed by atoms with Crippen LogP contribution in [0.25, 0.3) is 0 Å². The number of hydrogen-bond donors (Lipinski definition) is 1. The van der Waals surface area contributed by atoms with Crippen molar-refractivity contribution in [3.8, 4) is 0 Å². The van der Waals surface area contributed by atoms with Crippen molar-refractivity contribution >= 4 is 5.91 Å². The van der Waals surface area contributed by atoms with Gasteiger partial charge in [0.15, 0.2) is 11.4 Å². The standard InChI is InChI=1S/C17H22N4O3/c1-12-18-15(20-19-12)14-11-21(9-10-24-14)16(22)17(2,23-3)13-7-5-4-6-8-13/h4-8,14H,9-11H2,1-3H3,(H,18,19,20)/t14-,17+/m0/s1. The number of rotatable bonds is 4. The summed E-state index contributed by atoms with van der Waals surface area (Å²) in [4.78, 5) is 19.2. The number of carbonyl (C=O) groups excluding carboxylic acids is 1. The molecule has 24 heavy (non-hydrogen) atoms. The van der Waals surface area contributed by atoms with Gasteiger partial charge in [0, 0.05) is 13.7 Å². The van der Waals surface area contributed by atoms with Gasteiger partial charge in [-0.3, -0.25) is 9.89 Å². The molecule has 0 spiro atoms. The number of hydrogen-bond acceptors (Lipinski definition) is 5. The van der Waals surface area contributed by atoms with Crippen molar-refractivity contribution in [2.75, 3.05) is 26.8 Å². The Labute approximate surface area is 141 Å². The first kappa shape index (κ1) is 16.6. The lowest BCUT2D eigenvalue weighted by molar-refractivity contribution is -0.162. The lowest BCUT2D eigenvalue weighted by Gasteiger charge is -2.37. The predicted molar refractivity (Wildman–Crippen MR) is 87.2 cm³/mol. The molecule has 1 aliphatic heterocycles. The Kier molecular flexibility index (Phi) is 4.64. The summed E-state index contributed by atoms with van der Waals surface area (Å²) < 4.78 is 11.3. The van der Waals surface area contributed by atoms with Gasteiger partial charge >= 0.3 is 0 Å². The summed E-state index contributed by atoms with van der Waals surface area (Å²) in [5.41, 5.74) is -0.202. The average molecular weight is 330 g/mol. The molecule has 1 fully saturated rings. The SMILES string of the molecule is CO[C@@](C)(C(=O)N1CCO[C@H](c2n[nH]c(C)n2)C1)c1ccccc1. The Hall–Kier alpha value is -2.25. The van der Waals surface area contributed by atoms with E-state index in [-0.39, 0.29) is 12.0 Å². The van der Waals surface area contributed by atoms with E-state index in [1.54, 1.807) is 18.9 Å². The van der Waals surface area contributed by atoms with Crippen LogP contribution in [0.4, 0.5) is 0 Å². The molecule has 0 radical (unpaired) electrons. The Morgan fingerprint density at radius 2 is 2.17 bits per heavy atom. The number of benzene rings is 1. The second-order valence-corrected chi connectivity index (χ2v) is 5.99. The zero-order valence-corrected chi connectivity index (χ0v) is 14.2. The molecule has 7 nitrogen and oxygen atoms in total. The van der Waals surface area contributed by atoms with Crippen LogP contribution in [0.1, 0.15) is 30.2 Å². The number of carbonyl (C=O) groups is 1. The lowest BCUT2D eigenvalue weighted by Crippen LogP contribution is -2.51. The summed E-state index contributed by atoms with van der Waals surface area (Å²) >= 11 is 0. The molecule has 2 heterocycles. The van der Waals surface area contributed by atoms with Crippen LogP contribution in [-0.4, -0.2) is 52.8 Å². The van der Waals surface area contributed by atoms with E-state index in [9.17, 15) is 4.79 Å². The van der Waals surface area contributed by atoms with E-state index in [1.807, 2.05) is 37.3 Å². The van der Waals surface area contributed by atoms with E-state index < -0.39 is 5.60 Å².